The number of quaternary nitrogens is 1. The molecular weight excluding hydrogens is 398 g/mol. The summed E-state index contributed by atoms with van der Waals surface area (Å²) in [6, 6.07) is 8.55. The molecule has 1 atom stereocenters. The van der Waals surface area contributed by atoms with Crippen molar-refractivity contribution in [1.82, 2.24) is 0 Å². The summed E-state index contributed by atoms with van der Waals surface area (Å²) in [6.45, 7) is 1.05. The van der Waals surface area contributed by atoms with Crippen LogP contribution in [-0.4, -0.2) is 35.0 Å². The first-order valence-electron chi connectivity index (χ1n) is 8.59. The first kappa shape index (κ1) is 18.9. The highest BCUT2D eigenvalue weighted by molar-refractivity contribution is 9.10. The topological polar surface area (TPSA) is 53.5 Å². The molecule has 0 saturated heterocycles. The number of hydrogen-bond acceptors (Lipinski definition) is 4. The SMILES string of the molecule is COc1cc(Br)c(CC2[NH2+]CCc3cc(OC)c(OC)cc32)cc1OC. The highest BCUT2D eigenvalue weighted by atomic mass is 79.9. The van der Waals surface area contributed by atoms with Crippen LogP contribution in [0.2, 0.25) is 0 Å². The van der Waals surface area contributed by atoms with Crippen molar-refractivity contribution in [1.29, 1.82) is 0 Å². The third-order valence-corrected chi connectivity index (χ3v) is 5.64. The minimum atomic E-state index is 0.313. The summed E-state index contributed by atoms with van der Waals surface area (Å²) >= 11 is 3.67. The smallest absolute Gasteiger partial charge is 0.161 e. The highest BCUT2D eigenvalue weighted by Crippen LogP contribution is 2.37. The molecule has 140 valence electrons. The van der Waals surface area contributed by atoms with Crippen molar-refractivity contribution in [3.8, 4) is 23.0 Å². The Balaban J connectivity index is 1.96. The maximum atomic E-state index is 5.51. The van der Waals surface area contributed by atoms with Crippen LogP contribution in [0.4, 0.5) is 0 Å². The third-order valence-electron chi connectivity index (χ3n) is 4.90. The number of halogens is 1. The number of methoxy groups -OCH3 is 4. The Kier molecular flexibility index (Phi) is 5.94. The molecule has 0 aliphatic carbocycles. The van der Waals surface area contributed by atoms with Gasteiger partial charge in [0, 0.05) is 22.9 Å². The van der Waals surface area contributed by atoms with Crippen LogP contribution in [0.1, 0.15) is 22.7 Å². The zero-order valence-corrected chi connectivity index (χ0v) is 17.2. The van der Waals surface area contributed by atoms with Gasteiger partial charge in [0.25, 0.3) is 0 Å². The lowest BCUT2D eigenvalue weighted by molar-refractivity contribution is -0.698. The van der Waals surface area contributed by atoms with Gasteiger partial charge in [-0.05, 0) is 35.4 Å². The second-order valence-corrected chi connectivity index (χ2v) is 7.14. The van der Waals surface area contributed by atoms with Gasteiger partial charge in [-0.2, -0.15) is 0 Å². The molecule has 2 aromatic rings. The summed E-state index contributed by atoms with van der Waals surface area (Å²) in [7, 11) is 6.66. The van der Waals surface area contributed by atoms with E-state index in [4.69, 9.17) is 18.9 Å². The third kappa shape index (κ3) is 3.62. The molecular formula is C20H25BrNO4+. The summed E-state index contributed by atoms with van der Waals surface area (Å²) < 4.78 is 22.8. The quantitative estimate of drug-likeness (QED) is 0.777. The van der Waals surface area contributed by atoms with Crippen LogP contribution in [0.3, 0.4) is 0 Å². The van der Waals surface area contributed by atoms with E-state index in [1.54, 1.807) is 28.4 Å². The molecule has 6 heteroatoms. The van der Waals surface area contributed by atoms with Gasteiger partial charge in [0.1, 0.15) is 6.04 Å². The molecule has 2 N–H and O–H groups in total. The number of benzene rings is 2. The Morgan fingerprint density at radius 3 is 2.12 bits per heavy atom. The summed E-state index contributed by atoms with van der Waals surface area (Å²) in [6.07, 6.45) is 1.91. The van der Waals surface area contributed by atoms with E-state index in [1.807, 2.05) is 12.1 Å². The number of nitrogens with two attached hydrogens (primary N) is 1. The molecule has 1 aliphatic heterocycles. The summed E-state index contributed by atoms with van der Waals surface area (Å²) in [5.41, 5.74) is 3.81. The van der Waals surface area contributed by atoms with Crippen molar-refractivity contribution in [2.45, 2.75) is 18.9 Å². The van der Waals surface area contributed by atoms with Crippen molar-refractivity contribution in [2.75, 3.05) is 35.0 Å². The van der Waals surface area contributed by atoms with Crippen molar-refractivity contribution in [3.63, 3.8) is 0 Å². The normalized spacial score (nSPS) is 16.0. The summed E-state index contributed by atoms with van der Waals surface area (Å²) in [5, 5.41) is 2.39. The maximum absolute atomic E-state index is 5.51. The van der Waals surface area contributed by atoms with E-state index < -0.39 is 0 Å². The van der Waals surface area contributed by atoms with E-state index >= 15 is 0 Å². The molecule has 0 bridgehead atoms. The van der Waals surface area contributed by atoms with Crippen LogP contribution in [-0.2, 0) is 12.8 Å². The van der Waals surface area contributed by atoms with Crippen LogP contribution in [0.25, 0.3) is 0 Å². The minimum Gasteiger partial charge on any atom is -0.493 e. The Hall–Kier alpha value is -1.92. The van der Waals surface area contributed by atoms with Gasteiger partial charge in [-0.3, -0.25) is 0 Å². The van der Waals surface area contributed by atoms with Gasteiger partial charge in [0.05, 0.1) is 35.0 Å². The van der Waals surface area contributed by atoms with Crippen LogP contribution in [0, 0.1) is 0 Å². The fourth-order valence-corrected chi connectivity index (χ4v) is 4.03. The van der Waals surface area contributed by atoms with Crippen LogP contribution in [0.5, 0.6) is 23.0 Å². The molecule has 0 radical (unpaired) electrons. The van der Waals surface area contributed by atoms with Gasteiger partial charge >= 0.3 is 0 Å². The molecule has 0 spiro atoms. The number of ether oxygens (including phenoxy) is 4. The van der Waals surface area contributed by atoms with E-state index in [0.29, 0.717) is 6.04 Å². The second-order valence-electron chi connectivity index (χ2n) is 6.29. The lowest BCUT2D eigenvalue weighted by Gasteiger charge is -2.26. The van der Waals surface area contributed by atoms with E-state index in [2.05, 4.69) is 33.4 Å². The molecule has 26 heavy (non-hydrogen) atoms. The fraction of sp³-hybridized carbons (Fsp3) is 0.400. The van der Waals surface area contributed by atoms with E-state index in [1.165, 1.54) is 16.7 Å². The van der Waals surface area contributed by atoms with Gasteiger partial charge < -0.3 is 24.3 Å². The van der Waals surface area contributed by atoms with Crippen LogP contribution < -0.4 is 24.3 Å². The molecule has 5 nitrogen and oxygen atoms in total. The van der Waals surface area contributed by atoms with Crippen molar-refractivity contribution < 1.29 is 24.3 Å². The summed E-state index contributed by atoms with van der Waals surface area (Å²) in [5.74, 6) is 3.04. The lowest BCUT2D eigenvalue weighted by Crippen LogP contribution is -2.87. The van der Waals surface area contributed by atoms with Gasteiger partial charge in [0.2, 0.25) is 0 Å². The second kappa shape index (κ2) is 8.18. The zero-order chi connectivity index (χ0) is 18.7. The molecule has 0 fully saturated rings. The van der Waals surface area contributed by atoms with Gasteiger partial charge in [-0.1, -0.05) is 15.9 Å². The first-order chi connectivity index (χ1) is 12.6. The predicted molar refractivity (Wildman–Crippen MR) is 104 cm³/mol. The standard InChI is InChI=1S/C20H24BrNO4/c1-23-17-8-12-5-6-22-16(14(12)10-19(17)25-3)7-13-9-18(24-2)20(26-4)11-15(13)21/h8-11,16,22H,5-7H2,1-4H3/p+1. The molecule has 2 aromatic carbocycles. The molecule has 0 amide bonds. The fourth-order valence-electron chi connectivity index (χ4n) is 3.55. The molecule has 0 saturated carbocycles. The monoisotopic (exact) mass is 422 g/mol. The molecule has 1 unspecified atom stereocenters. The predicted octanol–water partition coefficient (Wildman–Crippen LogP) is 2.89. The molecule has 1 aliphatic rings. The van der Waals surface area contributed by atoms with Crippen LogP contribution >= 0.6 is 15.9 Å². The minimum absolute atomic E-state index is 0.313. The van der Waals surface area contributed by atoms with Crippen molar-refractivity contribution in [2.24, 2.45) is 0 Å². The summed E-state index contributed by atoms with van der Waals surface area (Å²) in [4.78, 5) is 0. The molecule has 0 aromatic heterocycles. The highest BCUT2D eigenvalue weighted by Gasteiger charge is 2.27. The van der Waals surface area contributed by atoms with Crippen molar-refractivity contribution >= 4 is 15.9 Å². The Labute approximate surface area is 162 Å². The van der Waals surface area contributed by atoms with Crippen LogP contribution in [0.15, 0.2) is 28.7 Å². The average Bonchev–Trinajstić information content (AvgIpc) is 2.68. The largest absolute Gasteiger partial charge is 0.493 e. The Morgan fingerprint density at radius 1 is 0.885 bits per heavy atom. The average molecular weight is 423 g/mol. The number of hydrogen-bond donors (Lipinski definition) is 1. The Morgan fingerprint density at radius 2 is 1.46 bits per heavy atom. The molecule has 3 rings (SSSR count). The Bertz CT molecular complexity index is 794. The van der Waals surface area contributed by atoms with Gasteiger partial charge in [0.15, 0.2) is 23.0 Å². The van der Waals surface area contributed by atoms with Gasteiger partial charge in [-0.15, -0.1) is 0 Å². The molecule has 1 heterocycles. The maximum Gasteiger partial charge on any atom is 0.161 e. The van der Waals surface area contributed by atoms with E-state index in [-0.39, 0.29) is 0 Å². The van der Waals surface area contributed by atoms with Gasteiger partial charge in [-0.25, -0.2) is 0 Å². The lowest BCUT2D eigenvalue weighted by atomic mass is 9.89. The van der Waals surface area contributed by atoms with E-state index in [9.17, 15) is 0 Å². The number of fused-ring (bicyclic) bond motifs is 1. The van der Waals surface area contributed by atoms with E-state index in [0.717, 1.165) is 46.9 Å². The first-order valence-corrected chi connectivity index (χ1v) is 9.39. The zero-order valence-electron chi connectivity index (χ0n) is 15.6. The van der Waals surface area contributed by atoms with Crippen molar-refractivity contribution in [3.05, 3.63) is 45.4 Å². The number of rotatable bonds is 6.